The van der Waals surface area contributed by atoms with Crippen molar-refractivity contribution in [3.8, 4) is 0 Å². The summed E-state index contributed by atoms with van der Waals surface area (Å²) < 4.78 is 26.5. The summed E-state index contributed by atoms with van der Waals surface area (Å²) in [5.74, 6) is -0.227. The van der Waals surface area contributed by atoms with E-state index in [9.17, 15) is 13.2 Å². The summed E-state index contributed by atoms with van der Waals surface area (Å²) in [6, 6.07) is 8.48. The van der Waals surface area contributed by atoms with Crippen LogP contribution in [-0.2, 0) is 14.8 Å². The van der Waals surface area contributed by atoms with Gasteiger partial charge in [0.25, 0.3) is 0 Å². The highest BCUT2D eigenvalue weighted by atomic mass is 35.5. The molecule has 122 valence electrons. The third kappa shape index (κ3) is 4.42. The van der Waals surface area contributed by atoms with Gasteiger partial charge in [0, 0.05) is 39.3 Å². The maximum atomic E-state index is 12.5. The lowest BCUT2D eigenvalue weighted by Gasteiger charge is -2.33. The van der Waals surface area contributed by atoms with Gasteiger partial charge in [0.05, 0.1) is 4.90 Å². The topological polar surface area (TPSA) is 69.7 Å². The standard InChI is InChI=1S/C14H20ClN3O3S/c15-12-14(19)16-6-7-17-8-10-18(11-9-17)22(20,21)13-4-2-1-3-5-13/h1-5H,6-12H2,(H,16,19). The molecule has 1 fully saturated rings. The van der Waals surface area contributed by atoms with Crippen molar-refractivity contribution in [2.45, 2.75) is 4.90 Å². The molecule has 0 spiro atoms. The third-order valence-corrected chi connectivity index (χ3v) is 5.74. The predicted octanol–water partition coefficient (Wildman–Crippen LogP) is 0.348. The average Bonchev–Trinajstić information content (AvgIpc) is 2.56. The van der Waals surface area contributed by atoms with E-state index in [1.807, 2.05) is 0 Å². The van der Waals surface area contributed by atoms with Crippen LogP contribution in [0.1, 0.15) is 0 Å². The van der Waals surface area contributed by atoms with Crippen LogP contribution in [-0.4, -0.2) is 68.7 Å². The van der Waals surface area contributed by atoms with Crippen LogP contribution in [0.3, 0.4) is 0 Å². The Labute approximate surface area is 136 Å². The van der Waals surface area contributed by atoms with Crippen LogP contribution in [0.25, 0.3) is 0 Å². The first-order valence-corrected chi connectivity index (χ1v) is 9.11. The number of carbonyl (C=O) groups excluding carboxylic acids is 1. The highest BCUT2D eigenvalue weighted by Gasteiger charge is 2.27. The van der Waals surface area contributed by atoms with E-state index < -0.39 is 10.0 Å². The Hall–Kier alpha value is -1.15. The van der Waals surface area contributed by atoms with E-state index in [1.54, 1.807) is 30.3 Å². The van der Waals surface area contributed by atoms with Crippen LogP contribution in [0.2, 0.25) is 0 Å². The van der Waals surface area contributed by atoms with Crippen molar-refractivity contribution in [1.82, 2.24) is 14.5 Å². The van der Waals surface area contributed by atoms with Crippen LogP contribution in [0, 0.1) is 0 Å². The van der Waals surface area contributed by atoms with Crippen LogP contribution in [0.5, 0.6) is 0 Å². The van der Waals surface area contributed by atoms with E-state index in [4.69, 9.17) is 11.6 Å². The molecule has 0 saturated carbocycles. The second-order valence-corrected chi connectivity index (χ2v) is 7.25. The number of nitrogens with one attached hydrogen (secondary N) is 1. The molecule has 2 rings (SSSR count). The minimum atomic E-state index is -3.40. The molecule has 6 nitrogen and oxygen atoms in total. The molecule has 1 heterocycles. The lowest BCUT2D eigenvalue weighted by atomic mass is 10.3. The van der Waals surface area contributed by atoms with E-state index in [0.29, 0.717) is 44.2 Å². The summed E-state index contributed by atoms with van der Waals surface area (Å²) in [6.07, 6.45) is 0. The van der Waals surface area contributed by atoms with Crippen LogP contribution < -0.4 is 5.32 Å². The number of nitrogens with zero attached hydrogens (tertiary/aromatic N) is 2. The molecule has 0 bridgehead atoms. The SMILES string of the molecule is O=C(CCl)NCCN1CCN(S(=O)(=O)c2ccccc2)CC1. The van der Waals surface area contributed by atoms with E-state index in [0.717, 1.165) is 0 Å². The maximum Gasteiger partial charge on any atom is 0.243 e. The molecule has 0 radical (unpaired) electrons. The van der Waals surface area contributed by atoms with Crippen molar-refractivity contribution in [1.29, 1.82) is 0 Å². The third-order valence-electron chi connectivity index (χ3n) is 3.58. The smallest absolute Gasteiger partial charge is 0.243 e. The second-order valence-electron chi connectivity index (χ2n) is 5.04. The Morgan fingerprint density at radius 1 is 1.14 bits per heavy atom. The fraction of sp³-hybridized carbons (Fsp3) is 0.500. The molecule has 0 atom stereocenters. The van der Waals surface area contributed by atoms with Gasteiger partial charge in [0.15, 0.2) is 0 Å². The van der Waals surface area contributed by atoms with Crippen molar-refractivity contribution in [3.05, 3.63) is 30.3 Å². The number of carbonyl (C=O) groups is 1. The van der Waals surface area contributed by atoms with Crippen LogP contribution in [0.4, 0.5) is 0 Å². The fourth-order valence-electron chi connectivity index (χ4n) is 2.34. The number of halogens is 1. The molecule has 1 aromatic rings. The quantitative estimate of drug-likeness (QED) is 0.755. The van der Waals surface area contributed by atoms with Crippen molar-refractivity contribution in [2.24, 2.45) is 0 Å². The molecule has 1 N–H and O–H groups in total. The fourth-order valence-corrected chi connectivity index (χ4v) is 3.87. The lowest BCUT2D eigenvalue weighted by molar-refractivity contribution is -0.118. The summed E-state index contributed by atoms with van der Waals surface area (Å²) in [4.78, 5) is 13.5. The van der Waals surface area contributed by atoms with Crippen molar-refractivity contribution in [2.75, 3.05) is 45.1 Å². The zero-order valence-corrected chi connectivity index (χ0v) is 13.8. The van der Waals surface area contributed by atoms with Gasteiger partial charge >= 0.3 is 0 Å². The molecule has 0 aromatic heterocycles. The molecule has 1 saturated heterocycles. The van der Waals surface area contributed by atoms with Crippen LogP contribution in [0.15, 0.2) is 35.2 Å². The molecule has 1 amide bonds. The summed E-state index contributed by atoms with van der Waals surface area (Å²) in [7, 11) is -3.40. The molecular formula is C14H20ClN3O3S. The number of rotatable bonds is 6. The molecule has 22 heavy (non-hydrogen) atoms. The highest BCUT2D eigenvalue weighted by molar-refractivity contribution is 7.89. The normalized spacial score (nSPS) is 17.3. The molecule has 0 unspecified atom stereocenters. The lowest BCUT2D eigenvalue weighted by Crippen LogP contribution is -2.50. The Balaban J connectivity index is 1.83. The molecule has 1 aliphatic rings. The number of hydrogen-bond acceptors (Lipinski definition) is 4. The largest absolute Gasteiger partial charge is 0.354 e. The van der Waals surface area contributed by atoms with Gasteiger partial charge in [0.1, 0.15) is 5.88 Å². The molecule has 1 aliphatic heterocycles. The van der Waals surface area contributed by atoms with Gasteiger partial charge in [-0.3, -0.25) is 9.69 Å². The van der Waals surface area contributed by atoms with E-state index in [2.05, 4.69) is 10.2 Å². The first-order valence-electron chi connectivity index (χ1n) is 7.14. The maximum absolute atomic E-state index is 12.5. The molecule has 1 aromatic carbocycles. The number of hydrogen-bond donors (Lipinski definition) is 1. The van der Waals surface area contributed by atoms with E-state index >= 15 is 0 Å². The molecule has 8 heteroatoms. The van der Waals surface area contributed by atoms with Gasteiger partial charge in [0.2, 0.25) is 15.9 Å². The number of alkyl halides is 1. The summed E-state index contributed by atoms with van der Waals surface area (Å²) in [5, 5.41) is 2.70. The number of benzene rings is 1. The van der Waals surface area contributed by atoms with Crippen molar-refractivity contribution in [3.63, 3.8) is 0 Å². The van der Waals surface area contributed by atoms with Crippen molar-refractivity contribution >= 4 is 27.5 Å². The zero-order chi connectivity index (χ0) is 16.0. The van der Waals surface area contributed by atoms with E-state index in [1.165, 1.54) is 4.31 Å². The first-order chi connectivity index (χ1) is 10.5. The summed E-state index contributed by atoms with van der Waals surface area (Å²) >= 11 is 5.40. The molecular weight excluding hydrogens is 326 g/mol. The Morgan fingerprint density at radius 2 is 1.77 bits per heavy atom. The van der Waals surface area contributed by atoms with Gasteiger partial charge in [-0.05, 0) is 12.1 Å². The number of amides is 1. The Bertz CT molecular complexity index is 587. The number of piperazine rings is 1. The monoisotopic (exact) mass is 345 g/mol. The summed E-state index contributed by atoms with van der Waals surface area (Å²) in [5.41, 5.74) is 0. The van der Waals surface area contributed by atoms with Gasteiger partial charge in [-0.1, -0.05) is 18.2 Å². The van der Waals surface area contributed by atoms with Crippen LogP contribution >= 0.6 is 11.6 Å². The highest BCUT2D eigenvalue weighted by Crippen LogP contribution is 2.16. The average molecular weight is 346 g/mol. The summed E-state index contributed by atoms with van der Waals surface area (Å²) in [6.45, 7) is 3.45. The Kier molecular flexibility index (Phi) is 6.19. The van der Waals surface area contributed by atoms with Gasteiger partial charge in [-0.15, -0.1) is 11.6 Å². The van der Waals surface area contributed by atoms with Gasteiger partial charge in [-0.2, -0.15) is 4.31 Å². The minimum absolute atomic E-state index is 0.0386. The zero-order valence-electron chi connectivity index (χ0n) is 12.2. The van der Waals surface area contributed by atoms with Gasteiger partial charge in [-0.25, -0.2) is 8.42 Å². The Morgan fingerprint density at radius 3 is 2.36 bits per heavy atom. The second kappa shape index (κ2) is 7.92. The van der Waals surface area contributed by atoms with Crippen molar-refractivity contribution < 1.29 is 13.2 Å². The number of sulfonamides is 1. The first kappa shape index (κ1) is 17.2. The van der Waals surface area contributed by atoms with Gasteiger partial charge < -0.3 is 5.32 Å². The van der Waals surface area contributed by atoms with E-state index in [-0.39, 0.29) is 11.8 Å². The predicted molar refractivity (Wildman–Crippen MR) is 85.4 cm³/mol. The minimum Gasteiger partial charge on any atom is -0.354 e. The molecule has 0 aliphatic carbocycles.